The van der Waals surface area contributed by atoms with Crippen molar-refractivity contribution in [2.24, 2.45) is 11.1 Å². The number of carbonyl (C=O) groups excluding carboxylic acids is 1. The number of hydrogen-bond acceptors (Lipinski definition) is 3. The van der Waals surface area contributed by atoms with Gasteiger partial charge in [0.25, 0.3) is 0 Å². The van der Waals surface area contributed by atoms with Crippen molar-refractivity contribution in [3.63, 3.8) is 0 Å². The molecule has 0 heterocycles. The van der Waals surface area contributed by atoms with Gasteiger partial charge in [0.05, 0.1) is 6.10 Å². The molecule has 118 valence electrons. The fraction of sp³-hybridized carbons (Fsp3) is 0.533. The average Bonchev–Trinajstić information content (AvgIpc) is 2.40. The highest BCUT2D eigenvalue weighted by molar-refractivity contribution is 5.99. The lowest BCUT2D eigenvalue weighted by Crippen LogP contribution is -2.74. The fourth-order valence-corrected chi connectivity index (χ4v) is 2.60. The first-order valence-corrected chi connectivity index (χ1v) is 6.79. The minimum atomic E-state index is -0.971. The van der Waals surface area contributed by atoms with E-state index in [1.165, 1.54) is 24.3 Å². The molecule has 21 heavy (non-hydrogen) atoms. The standard InChI is InChI=1S/C15H21FN2O2.ClH/c1-4-20-12-9-15(17,14(12,2)3)13(19)18-11-7-5-10(16)6-8-11;/h5-8,12H,4,9,17H2,1-3H3,(H,18,19);1H. The molecule has 1 amide bonds. The number of nitrogens with one attached hydrogen (secondary N) is 1. The van der Waals surface area contributed by atoms with Crippen LogP contribution < -0.4 is 11.1 Å². The molecular weight excluding hydrogens is 295 g/mol. The Labute approximate surface area is 130 Å². The molecule has 2 rings (SSSR count). The topological polar surface area (TPSA) is 64.3 Å². The second kappa shape index (κ2) is 6.30. The van der Waals surface area contributed by atoms with Crippen molar-refractivity contribution in [3.05, 3.63) is 30.1 Å². The van der Waals surface area contributed by atoms with E-state index in [4.69, 9.17) is 10.5 Å². The molecule has 1 aromatic rings. The smallest absolute Gasteiger partial charge is 0.245 e. The van der Waals surface area contributed by atoms with Gasteiger partial charge in [-0.05, 0) is 31.2 Å². The van der Waals surface area contributed by atoms with Gasteiger partial charge >= 0.3 is 0 Å². The van der Waals surface area contributed by atoms with Crippen LogP contribution in [-0.4, -0.2) is 24.2 Å². The molecule has 1 aliphatic rings. The minimum absolute atomic E-state index is 0. The number of hydrogen-bond donors (Lipinski definition) is 2. The summed E-state index contributed by atoms with van der Waals surface area (Å²) in [6, 6.07) is 5.63. The number of amides is 1. The molecule has 0 aromatic heterocycles. The first-order chi connectivity index (χ1) is 9.31. The van der Waals surface area contributed by atoms with Gasteiger partial charge in [0.1, 0.15) is 11.4 Å². The molecule has 1 saturated carbocycles. The summed E-state index contributed by atoms with van der Waals surface area (Å²) in [5.41, 5.74) is 5.39. The Hall–Kier alpha value is -1.17. The van der Waals surface area contributed by atoms with Crippen molar-refractivity contribution in [3.8, 4) is 0 Å². The maximum Gasteiger partial charge on any atom is 0.245 e. The maximum atomic E-state index is 12.8. The van der Waals surface area contributed by atoms with Crippen LogP contribution in [0.4, 0.5) is 10.1 Å². The van der Waals surface area contributed by atoms with Crippen LogP contribution in [0.25, 0.3) is 0 Å². The molecule has 1 aliphatic carbocycles. The van der Waals surface area contributed by atoms with Crippen molar-refractivity contribution in [1.82, 2.24) is 0 Å². The molecule has 2 unspecified atom stereocenters. The number of nitrogens with two attached hydrogens (primary N) is 1. The van der Waals surface area contributed by atoms with Gasteiger partial charge in [-0.3, -0.25) is 4.79 Å². The molecule has 0 radical (unpaired) electrons. The Bertz CT molecular complexity index is 507. The normalized spacial score (nSPS) is 26.4. The molecule has 4 nitrogen and oxygen atoms in total. The first kappa shape index (κ1) is 17.9. The fourth-order valence-electron chi connectivity index (χ4n) is 2.60. The van der Waals surface area contributed by atoms with Gasteiger partial charge in [-0.2, -0.15) is 0 Å². The summed E-state index contributed by atoms with van der Waals surface area (Å²) in [6.07, 6.45) is 0.470. The van der Waals surface area contributed by atoms with Crippen LogP contribution in [-0.2, 0) is 9.53 Å². The summed E-state index contributed by atoms with van der Waals surface area (Å²) in [4.78, 5) is 12.4. The lowest BCUT2D eigenvalue weighted by Gasteiger charge is -2.57. The zero-order valence-electron chi connectivity index (χ0n) is 12.5. The number of carbonyl (C=O) groups is 1. The van der Waals surface area contributed by atoms with E-state index in [0.717, 1.165) is 0 Å². The van der Waals surface area contributed by atoms with E-state index >= 15 is 0 Å². The molecule has 3 N–H and O–H groups in total. The highest BCUT2D eigenvalue weighted by atomic mass is 35.5. The van der Waals surface area contributed by atoms with Crippen LogP contribution in [0, 0.1) is 11.2 Å². The van der Waals surface area contributed by atoms with E-state index in [1.54, 1.807) is 0 Å². The minimum Gasteiger partial charge on any atom is -0.378 e. The molecule has 0 aliphatic heterocycles. The van der Waals surface area contributed by atoms with E-state index in [-0.39, 0.29) is 30.2 Å². The molecule has 0 bridgehead atoms. The lowest BCUT2D eigenvalue weighted by molar-refractivity contribution is -0.166. The molecule has 0 saturated heterocycles. The van der Waals surface area contributed by atoms with Gasteiger partial charge in [-0.25, -0.2) is 4.39 Å². The number of anilines is 1. The summed E-state index contributed by atoms with van der Waals surface area (Å²) in [5.74, 6) is -0.601. The number of ether oxygens (including phenoxy) is 1. The summed E-state index contributed by atoms with van der Waals surface area (Å²) >= 11 is 0. The van der Waals surface area contributed by atoms with Gasteiger partial charge in [0, 0.05) is 24.1 Å². The second-order valence-electron chi connectivity index (χ2n) is 5.80. The van der Waals surface area contributed by atoms with Gasteiger partial charge in [0.2, 0.25) is 5.91 Å². The molecule has 1 fully saturated rings. The maximum absolute atomic E-state index is 12.8. The van der Waals surface area contributed by atoms with Gasteiger partial charge in [-0.1, -0.05) is 13.8 Å². The van der Waals surface area contributed by atoms with Gasteiger partial charge in [0.15, 0.2) is 0 Å². The third-order valence-corrected chi connectivity index (χ3v) is 4.34. The van der Waals surface area contributed by atoms with Crippen molar-refractivity contribution >= 4 is 24.0 Å². The van der Waals surface area contributed by atoms with Crippen molar-refractivity contribution in [2.75, 3.05) is 11.9 Å². The Balaban J connectivity index is 0.00000220. The quantitative estimate of drug-likeness (QED) is 0.897. The zero-order chi connectivity index (χ0) is 15.0. The van der Waals surface area contributed by atoms with Crippen molar-refractivity contribution in [1.29, 1.82) is 0 Å². The molecule has 0 spiro atoms. The Morgan fingerprint density at radius 2 is 2.00 bits per heavy atom. The second-order valence-corrected chi connectivity index (χ2v) is 5.80. The van der Waals surface area contributed by atoms with Gasteiger partial charge in [-0.15, -0.1) is 12.4 Å². The van der Waals surface area contributed by atoms with Gasteiger partial charge < -0.3 is 15.8 Å². The SMILES string of the molecule is CCOC1CC(N)(C(=O)Nc2ccc(F)cc2)C1(C)C.Cl. The molecular formula is C15H22ClFN2O2. The van der Waals surface area contributed by atoms with Crippen LogP contribution >= 0.6 is 12.4 Å². The highest BCUT2D eigenvalue weighted by Crippen LogP contribution is 2.50. The predicted molar refractivity (Wildman–Crippen MR) is 83.0 cm³/mol. The Kier molecular flexibility index (Phi) is 5.36. The van der Waals surface area contributed by atoms with Crippen LogP contribution in [0.5, 0.6) is 0 Å². The number of benzene rings is 1. The summed E-state index contributed by atoms with van der Waals surface area (Å²) < 4.78 is 18.4. The highest BCUT2D eigenvalue weighted by Gasteiger charge is 2.62. The monoisotopic (exact) mass is 316 g/mol. The lowest BCUT2D eigenvalue weighted by atomic mass is 9.54. The summed E-state index contributed by atoms with van der Waals surface area (Å²) in [6.45, 7) is 6.39. The molecule has 1 aromatic carbocycles. The molecule has 6 heteroatoms. The van der Waals surface area contributed by atoms with E-state index < -0.39 is 11.0 Å². The Morgan fingerprint density at radius 3 is 2.48 bits per heavy atom. The van der Waals surface area contributed by atoms with E-state index in [9.17, 15) is 9.18 Å². The molecule has 2 atom stereocenters. The predicted octanol–water partition coefficient (Wildman–Crippen LogP) is 2.72. The first-order valence-electron chi connectivity index (χ1n) is 6.79. The van der Waals surface area contributed by atoms with Crippen LogP contribution in [0.15, 0.2) is 24.3 Å². The third kappa shape index (κ3) is 3.05. The van der Waals surface area contributed by atoms with Crippen LogP contribution in [0.2, 0.25) is 0 Å². The van der Waals surface area contributed by atoms with Crippen LogP contribution in [0.1, 0.15) is 27.2 Å². The van der Waals surface area contributed by atoms with E-state index in [2.05, 4.69) is 5.32 Å². The van der Waals surface area contributed by atoms with Crippen molar-refractivity contribution in [2.45, 2.75) is 38.8 Å². The van der Waals surface area contributed by atoms with E-state index in [1.807, 2.05) is 20.8 Å². The largest absolute Gasteiger partial charge is 0.378 e. The third-order valence-electron chi connectivity index (χ3n) is 4.34. The summed E-state index contributed by atoms with van der Waals surface area (Å²) in [7, 11) is 0. The number of rotatable bonds is 4. The summed E-state index contributed by atoms with van der Waals surface area (Å²) in [5, 5.41) is 2.74. The number of halogens is 2. The Morgan fingerprint density at radius 1 is 1.43 bits per heavy atom. The van der Waals surface area contributed by atoms with Crippen LogP contribution in [0.3, 0.4) is 0 Å². The van der Waals surface area contributed by atoms with Crippen molar-refractivity contribution < 1.29 is 13.9 Å². The average molecular weight is 317 g/mol. The zero-order valence-corrected chi connectivity index (χ0v) is 13.3. The van der Waals surface area contributed by atoms with E-state index in [0.29, 0.717) is 18.7 Å².